The van der Waals surface area contributed by atoms with Crippen molar-refractivity contribution in [2.24, 2.45) is 23.1 Å². The second kappa shape index (κ2) is 14.3. The van der Waals surface area contributed by atoms with Crippen LogP contribution in [0.15, 0.2) is 0 Å². The van der Waals surface area contributed by atoms with Crippen molar-refractivity contribution in [3.8, 4) is 0 Å². The summed E-state index contributed by atoms with van der Waals surface area (Å²) in [6.45, 7) is 5.15. The second-order valence-electron chi connectivity index (χ2n) is 7.76. The zero-order valence-electron chi connectivity index (χ0n) is 18.3. The lowest BCUT2D eigenvalue weighted by Crippen LogP contribution is -2.58. The molecule has 0 rings (SSSR count). The van der Waals surface area contributed by atoms with Gasteiger partial charge in [0.1, 0.15) is 18.1 Å². The number of nitrogens with two attached hydrogens (primary N) is 3. The van der Waals surface area contributed by atoms with Crippen molar-refractivity contribution in [2.45, 2.75) is 77.0 Å². The van der Waals surface area contributed by atoms with Crippen LogP contribution in [0.2, 0.25) is 0 Å². The fraction of sp³-hybridized carbons (Fsp3) is 0.737. The summed E-state index contributed by atoms with van der Waals surface area (Å²) < 4.78 is 0. The number of unbranched alkanes of at least 4 members (excludes halogenated alkanes) is 1. The van der Waals surface area contributed by atoms with E-state index in [1.807, 2.05) is 0 Å². The molecule has 178 valence electrons. The molecular formula is C19H36N6O6. The number of carbonyl (C=O) groups excluding carboxylic acids is 4. The number of amides is 4. The quantitative estimate of drug-likeness (QED) is 0.139. The second-order valence-corrected chi connectivity index (χ2v) is 7.76. The number of carboxylic acid groups (broad SMARTS) is 1. The lowest BCUT2D eigenvalue weighted by atomic mass is 10.0. The summed E-state index contributed by atoms with van der Waals surface area (Å²) in [5, 5.41) is 16.3. The number of carbonyl (C=O) groups is 5. The number of aliphatic carboxylic acids is 1. The Morgan fingerprint density at radius 3 is 1.97 bits per heavy atom. The van der Waals surface area contributed by atoms with Crippen molar-refractivity contribution >= 4 is 29.6 Å². The highest BCUT2D eigenvalue weighted by molar-refractivity contribution is 5.94. The van der Waals surface area contributed by atoms with Crippen molar-refractivity contribution in [1.29, 1.82) is 0 Å². The summed E-state index contributed by atoms with van der Waals surface area (Å²) in [6.07, 6.45) is 1.47. The van der Waals surface area contributed by atoms with Gasteiger partial charge in [-0.3, -0.25) is 24.0 Å². The summed E-state index contributed by atoms with van der Waals surface area (Å²) in [6, 6.07) is -4.22. The summed E-state index contributed by atoms with van der Waals surface area (Å²) >= 11 is 0. The Kier molecular flexibility index (Phi) is 13.0. The Bertz CT molecular complexity index is 641. The van der Waals surface area contributed by atoms with Gasteiger partial charge in [0.25, 0.3) is 0 Å². The van der Waals surface area contributed by atoms with Crippen LogP contribution < -0.4 is 33.2 Å². The molecule has 0 aromatic heterocycles. The molecule has 0 radical (unpaired) electrons. The topological polar surface area (TPSA) is 220 Å². The maximum Gasteiger partial charge on any atom is 0.325 e. The van der Waals surface area contributed by atoms with E-state index in [0.717, 1.165) is 6.42 Å². The molecule has 0 bridgehead atoms. The molecule has 12 nitrogen and oxygen atoms in total. The molecular weight excluding hydrogens is 408 g/mol. The van der Waals surface area contributed by atoms with Gasteiger partial charge in [-0.15, -0.1) is 0 Å². The first-order chi connectivity index (χ1) is 14.4. The minimum Gasteiger partial charge on any atom is -0.480 e. The molecule has 12 heteroatoms. The van der Waals surface area contributed by atoms with Crippen molar-refractivity contribution < 1.29 is 29.1 Å². The van der Waals surface area contributed by atoms with Gasteiger partial charge < -0.3 is 38.3 Å². The van der Waals surface area contributed by atoms with Gasteiger partial charge in [-0.05, 0) is 38.6 Å². The van der Waals surface area contributed by atoms with Gasteiger partial charge in [-0.25, -0.2) is 0 Å². The van der Waals surface area contributed by atoms with Crippen molar-refractivity contribution in [2.75, 3.05) is 6.54 Å². The van der Waals surface area contributed by atoms with Gasteiger partial charge in [-0.2, -0.15) is 0 Å². The van der Waals surface area contributed by atoms with Gasteiger partial charge >= 0.3 is 5.97 Å². The molecule has 4 atom stereocenters. The van der Waals surface area contributed by atoms with Crippen LogP contribution in [0.5, 0.6) is 0 Å². The summed E-state index contributed by atoms with van der Waals surface area (Å²) in [5.41, 5.74) is 16.4. The molecule has 0 spiro atoms. The normalized spacial score (nSPS) is 14.8. The molecule has 0 aromatic carbocycles. The first kappa shape index (κ1) is 28.3. The Morgan fingerprint density at radius 1 is 0.871 bits per heavy atom. The molecule has 0 heterocycles. The van der Waals surface area contributed by atoms with Crippen molar-refractivity contribution in [3.63, 3.8) is 0 Å². The molecule has 4 unspecified atom stereocenters. The van der Waals surface area contributed by atoms with Crippen LogP contribution in [-0.4, -0.2) is 65.4 Å². The van der Waals surface area contributed by atoms with Gasteiger partial charge in [0.05, 0.1) is 6.04 Å². The van der Waals surface area contributed by atoms with Crippen LogP contribution >= 0.6 is 0 Å². The summed E-state index contributed by atoms with van der Waals surface area (Å²) in [5.74, 6) is -4.23. The molecule has 0 aliphatic carbocycles. The maximum absolute atomic E-state index is 12.8. The number of hydrogen-bond donors (Lipinski definition) is 7. The van der Waals surface area contributed by atoms with E-state index in [1.165, 1.54) is 6.92 Å². The van der Waals surface area contributed by atoms with E-state index < -0.39 is 53.8 Å². The van der Waals surface area contributed by atoms with E-state index in [4.69, 9.17) is 22.3 Å². The smallest absolute Gasteiger partial charge is 0.325 e. The third kappa shape index (κ3) is 11.3. The number of hydrogen-bond acceptors (Lipinski definition) is 7. The van der Waals surface area contributed by atoms with Crippen LogP contribution in [0.4, 0.5) is 0 Å². The van der Waals surface area contributed by atoms with Crippen molar-refractivity contribution in [3.05, 3.63) is 0 Å². The monoisotopic (exact) mass is 444 g/mol. The third-order valence-electron chi connectivity index (χ3n) is 4.59. The molecule has 0 fully saturated rings. The number of primary amides is 1. The highest BCUT2D eigenvalue weighted by Crippen LogP contribution is 2.07. The lowest BCUT2D eigenvalue weighted by molar-refractivity contribution is -0.142. The van der Waals surface area contributed by atoms with Crippen LogP contribution in [0.3, 0.4) is 0 Å². The summed E-state index contributed by atoms with van der Waals surface area (Å²) in [7, 11) is 0. The van der Waals surface area contributed by atoms with Crippen LogP contribution in [0.25, 0.3) is 0 Å². The zero-order chi connectivity index (χ0) is 24.1. The van der Waals surface area contributed by atoms with Crippen LogP contribution in [-0.2, 0) is 24.0 Å². The predicted molar refractivity (Wildman–Crippen MR) is 113 cm³/mol. The molecule has 10 N–H and O–H groups in total. The molecule has 31 heavy (non-hydrogen) atoms. The van der Waals surface area contributed by atoms with E-state index >= 15 is 0 Å². The SMILES string of the molecule is CC(NC(=O)C(CCC(N)=O)NC(=O)C(NC(=O)C(N)CCCCN)C(C)C)C(=O)O. The highest BCUT2D eigenvalue weighted by atomic mass is 16.4. The standard InChI is InChI=1S/C19H36N6O6/c1-10(2)15(25-16(27)12(21)6-4-5-9-20)18(29)24-13(7-8-14(22)26)17(28)23-11(3)19(30)31/h10-13,15H,4-9,20-21H2,1-3H3,(H2,22,26)(H,23,28)(H,24,29)(H,25,27)(H,30,31). The molecule has 0 aliphatic heterocycles. The molecule has 0 saturated carbocycles. The molecule has 0 aliphatic rings. The van der Waals surface area contributed by atoms with Gasteiger partial charge in [-0.1, -0.05) is 20.3 Å². The fourth-order valence-electron chi connectivity index (χ4n) is 2.63. The number of nitrogens with one attached hydrogen (secondary N) is 3. The van der Waals surface area contributed by atoms with E-state index in [2.05, 4.69) is 16.0 Å². The van der Waals surface area contributed by atoms with Gasteiger partial charge in [0.2, 0.25) is 23.6 Å². The van der Waals surface area contributed by atoms with E-state index in [0.29, 0.717) is 19.4 Å². The average molecular weight is 445 g/mol. The fourth-order valence-corrected chi connectivity index (χ4v) is 2.63. The lowest BCUT2D eigenvalue weighted by Gasteiger charge is -2.26. The Hall–Kier alpha value is -2.73. The van der Waals surface area contributed by atoms with Gasteiger partial charge in [0, 0.05) is 6.42 Å². The van der Waals surface area contributed by atoms with E-state index in [1.54, 1.807) is 13.8 Å². The Labute approximate surface area is 182 Å². The minimum absolute atomic E-state index is 0.128. The van der Waals surface area contributed by atoms with E-state index in [9.17, 15) is 24.0 Å². The van der Waals surface area contributed by atoms with Gasteiger partial charge in [0.15, 0.2) is 0 Å². The molecule has 0 aromatic rings. The Balaban J connectivity index is 5.23. The average Bonchev–Trinajstić information content (AvgIpc) is 2.68. The van der Waals surface area contributed by atoms with E-state index in [-0.39, 0.29) is 18.8 Å². The number of rotatable bonds is 15. The third-order valence-corrected chi connectivity index (χ3v) is 4.59. The number of carboxylic acids is 1. The van der Waals surface area contributed by atoms with Crippen LogP contribution in [0.1, 0.15) is 52.9 Å². The zero-order valence-corrected chi connectivity index (χ0v) is 18.3. The first-order valence-corrected chi connectivity index (χ1v) is 10.3. The Morgan fingerprint density at radius 2 is 1.48 bits per heavy atom. The van der Waals surface area contributed by atoms with Crippen molar-refractivity contribution in [1.82, 2.24) is 16.0 Å². The molecule has 0 saturated heterocycles. The summed E-state index contributed by atoms with van der Waals surface area (Å²) in [4.78, 5) is 59.7. The highest BCUT2D eigenvalue weighted by Gasteiger charge is 2.31. The largest absolute Gasteiger partial charge is 0.480 e. The predicted octanol–water partition coefficient (Wildman–Crippen LogP) is -2.08. The minimum atomic E-state index is -1.26. The molecule has 4 amide bonds. The first-order valence-electron chi connectivity index (χ1n) is 10.3. The maximum atomic E-state index is 12.8. The van der Waals surface area contributed by atoms with Crippen LogP contribution in [0, 0.1) is 5.92 Å².